The zero-order chi connectivity index (χ0) is 10.1. The van der Waals surface area contributed by atoms with Crippen LogP contribution in [-0.4, -0.2) is 13.2 Å². The first-order valence-corrected chi connectivity index (χ1v) is 5.34. The molecule has 1 aromatic rings. The normalized spacial score (nSPS) is 25.4. The average Bonchev–Trinajstić information content (AvgIpc) is 2.55. The summed E-state index contributed by atoms with van der Waals surface area (Å²) in [7, 11) is 1.83. The molecule has 0 saturated carbocycles. The van der Waals surface area contributed by atoms with E-state index in [1.807, 2.05) is 7.11 Å². The molecule has 0 radical (unpaired) electrons. The fourth-order valence-corrected chi connectivity index (χ4v) is 2.61. The van der Waals surface area contributed by atoms with Gasteiger partial charge in [-0.3, -0.25) is 0 Å². The molecule has 0 spiro atoms. The number of benzene rings is 1. The first-order valence-electron chi connectivity index (χ1n) is 5.34. The summed E-state index contributed by atoms with van der Waals surface area (Å²) in [6, 6.07) is 8.73. The van der Waals surface area contributed by atoms with Crippen molar-refractivity contribution in [2.45, 2.75) is 32.3 Å². The average molecular weight is 190 g/mol. The Balaban J connectivity index is 2.37. The number of methoxy groups -OCH3 is 1. The van der Waals surface area contributed by atoms with E-state index in [-0.39, 0.29) is 0 Å². The summed E-state index contributed by atoms with van der Waals surface area (Å²) < 4.78 is 5.57. The number of fused-ring (bicyclic) bond motifs is 1. The third-order valence-electron chi connectivity index (χ3n) is 3.26. The van der Waals surface area contributed by atoms with Crippen molar-refractivity contribution in [3.63, 3.8) is 0 Å². The van der Waals surface area contributed by atoms with Gasteiger partial charge in [-0.05, 0) is 23.5 Å². The second-order valence-electron chi connectivity index (χ2n) is 4.45. The van der Waals surface area contributed by atoms with Crippen LogP contribution in [-0.2, 0) is 11.2 Å². The molecule has 0 aliphatic heterocycles. The van der Waals surface area contributed by atoms with Gasteiger partial charge >= 0.3 is 0 Å². The van der Waals surface area contributed by atoms with Crippen LogP contribution in [0.3, 0.4) is 0 Å². The smallest absolute Gasteiger partial charge is 0.0682 e. The van der Waals surface area contributed by atoms with Gasteiger partial charge in [-0.15, -0.1) is 0 Å². The van der Waals surface area contributed by atoms with E-state index >= 15 is 0 Å². The van der Waals surface area contributed by atoms with E-state index in [4.69, 9.17) is 4.74 Å². The Labute approximate surface area is 86.1 Å². The van der Waals surface area contributed by atoms with Crippen LogP contribution >= 0.6 is 0 Å². The summed E-state index contributed by atoms with van der Waals surface area (Å²) in [5.74, 6) is 1.24. The van der Waals surface area contributed by atoms with Gasteiger partial charge in [-0.1, -0.05) is 38.1 Å². The van der Waals surface area contributed by atoms with Crippen LogP contribution in [0.25, 0.3) is 0 Å². The second-order valence-corrected chi connectivity index (χ2v) is 4.45. The maximum Gasteiger partial charge on any atom is 0.0682 e. The number of rotatable bonds is 2. The van der Waals surface area contributed by atoms with Crippen LogP contribution in [0.4, 0.5) is 0 Å². The highest BCUT2D eigenvalue weighted by Crippen LogP contribution is 2.39. The van der Waals surface area contributed by atoms with E-state index < -0.39 is 0 Å². The van der Waals surface area contributed by atoms with Gasteiger partial charge in [-0.2, -0.15) is 0 Å². The summed E-state index contributed by atoms with van der Waals surface area (Å²) in [6.07, 6.45) is 1.46. The number of hydrogen-bond donors (Lipinski definition) is 0. The maximum absolute atomic E-state index is 5.57. The monoisotopic (exact) mass is 190 g/mol. The molecular weight excluding hydrogens is 172 g/mol. The molecule has 1 aliphatic rings. The zero-order valence-electron chi connectivity index (χ0n) is 9.16. The second kappa shape index (κ2) is 3.74. The topological polar surface area (TPSA) is 9.23 Å². The summed E-state index contributed by atoms with van der Waals surface area (Å²) in [4.78, 5) is 0. The van der Waals surface area contributed by atoms with Crippen molar-refractivity contribution in [2.75, 3.05) is 7.11 Å². The molecule has 1 aromatic carbocycles. The summed E-state index contributed by atoms with van der Waals surface area (Å²) >= 11 is 0. The Kier molecular flexibility index (Phi) is 2.60. The Hall–Kier alpha value is -0.820. The minimum atomic E-state index is 0.382. The van der Waals surface area contributed by atoms with Crippen LogP contribution in [0.5, 0.6) is 0 Å². The third-order valence-corrected chi connectivity index (χ3v) is 3.26. The van der Waals surface area contributed by atoms with Gasteiger partial charge in [0.2, 0.25) is 0 Å². The van der Waals surface area contributed by atoms with Crippen LogP contribution in [0.2, 0.25) is 0 Å². The largest absolute Gasteiger partial charge is 0.380 e. The molecule has 1 aliphatic carbocycles. The van der Waals surface area contributed by atoms with E-state index in [9.17, 15) is 0 Å². The lowest BCUT2D eigenvalue weighted by Gasteiger charge is -2.22. The molecule has 0 N–H and O–H groups in total. The first-order chi connectivity index (χ1) is 6.74. The molecule has 14 heavy (non-hydrogen) atoms. The molecule has 1 heteroatoms. The van der Waals surface area contributed by atoms with Gasteiger partial charge < -0.3 is 4.74 Å². The lowest BCUT2D eigenvalue weighted by molar-refractivity contribution is 0.0756. The zero-order valence-corrected chi connectivity index (χ0v) is 9.16. The van der Waals surface area contributed by atoms with Crippen LogP contribution < -0.4 is 0 Å². The fourth-order valence-electron chi connectivity index (χ4n) is 2.61. The van der Waals surface area contributed by atoms with Gasteiger partial charge in [0.15, 0.2) is 0 Å². The maximum atomic E-state index is 5.57. The summed E-state index contributed by atoms with van der Waals surface area (Å²) in [5, 5.41) is 0. The molecule has 1 nitrogen and oxygen atoms in total. The van der Waals surface area contributed by atoms with E-state index in [0.29, 0.717) is 17.9 Å². The van der Waals surface area contributed by atoms with Crippen LogP contribution in [0, 0.1) is 5.92 Å². The van der Waals surface area contributed by atoms with Crippen LogP contribution in [0.1, 0.15) is 30.9 Å². The van der Waals surface area contributed by atoms with Gasteiger partial charge in [0, 0.05) is 13.0 Å². The molecule has 2 atom stereocenters. The molecule has 2 rings (SSSR count). The van der Waals surface area contributed by atoms with E-state index in [2.05, 4.69) is 38.1 Å². The quantitative estimate of drug-likeness (QED) is 0.696. The van der Waals surface area contributed by atoms with Crippen molar-refractivity contribution in [2.24, 2.45) is 5.92 Å². The van der Waals surface area contributed by atoms with Gasteiger partial charge in [0.05, 0.1) is 6.10 Å². The van der Waals surface area contributed by atoms with Crippen molar-refractivity contribution in [3.05, 3.63) is 35.4 Å². The highest BCUT2D eigenvalue weighted by atomic mass is 16.5. The summed E-state index contributed by atoms with van der Waals surface area (Å²) in [6.45, 7) is 4.55. The van der Waals surface area contributed by atoms with E-state index in [1.165, 1.54) is 11.1 Å². The minimum Gasteiger partial charge on any atom is -0.380 e. The van der Waals surface area contributed by atoms with Gasteiger partial charge in [0.25, 0.3) is 0 Å². The fraction of sp³-hybridized carbons (Fsp3) is 0.538. The van der Waals surface area contributed by atoms with Gasteiger partial charge in [0.1, 0.15) is 0 Å². The highest BCUT2D eigenvalue weighted by Gasteiger charge is 2.33. The third kappa shape index (κ3) is 1.46. The molecule has 76 valence electrons. The molecule has 0 heterocycles. The highest BCUT2D eigenvalue weighted by molar-refractivity contribution is 5.37. The van der Waals surface area contributed by atoms with E-state index in [1.54, 1.807) is 0 Å². The Bertz CT molecular complexity index is 317. The van der Waals surface area contributed by atoms with Crippen molar-refractivity contribution >= 4 is 0 Å². The van der Waals surface area contributed by atoms with Crippen molar-refractivity contribution in [1.29, 1.82) is 0 Å². The predicted octanol–water partition coefficient (Wildman–Crippen LogP) is 3.00. The molecule has 0 fully saturated rings. The van der Waals surface area contributed by atoms with E-state index in [0.717, 1.165) is 6.42 Å². The molecular formula is C13H18O. The number of hydrogen-bond acceptors (Lipinski definition) is 1. The first kappa shape index (κ1) is 9.72. The molecule has 0 amide bonds. The molecule has 0 aromatic heterocycles. The molecule has 0 saturated heterocycles. The number of ether oxygens (including phenoxy) is 1. The van der Waals surface area contributed by atoms with Crippen LogP contribution in [0.15, 0.2) is 24.3 Å². The van der Waals surface area contributed by atoms with Crippen molar-refractivity contribution in [1.82, 2.24) is 0 Å². The molecule has 0 bridgehead atoms. The standard InChI is InChI=1S/C13H18O/c1-9(2)13-11-7-5-4-6-10(11)8-12(13)14-3/h4-7,9,12-13H,8H2,1-3H3. The molecule has 2 unspecified atom stereocenters. The minimum absolute atomic E-state index is 0.382. The lowest BCUT2D eigenvalue weighted by Crippen LogP contribution is -2.20. The predicted molar refractivity (Wildman–Crippen MR) is 58.5 cm³/mol. The SMILES string of the molecule is COC1Cc2ccccc2C1C(C)C. The van der Waals surface area contributed by atoms with Gasteiger partial charge in [-0.25, -0.2) is 0 Å². The van der Waals surface area contributed by atoms with Crippen molar-refractivity contribution < 1.29 is 4.74 Å². The lowest BCUT2D eigenvalue weighted by atomic mass is 9.88. The summed E-state index contributed by atoms with van der Waals surface area (Å²) in [5.41, 5.74) is 2.97. The van der Waals surface area contributed by atoms with Crippen molar-refractivity contribution in [3.8, 4) is 0 Å². The Morgan fingerprint density at radius 3 is 2.64 bits per heavy atom. The Morgan fingerprint density at radius 1 is 1.29 bits per heavy atom. The Morgan fingerprint density at radius 2 is 2.00 bits per heavy atom.